The average Bonchev–Trinajstić information content (AvgIpc) is 2.54. The largest absolute Gasteiger partial charge is 0.465 e. The zero-order chi connectivity index (χ0) is 10.8. The number of nitrogens with one attached hydrogen (secondary N) is 1. The Morgan fingerprint density at radius 1 is 1.47 bits per heavy atom. The summed E-state index contributed by atoms with van der Waals surface area (Å²) in [7, 11) is 0. The summed E-state index contributed by atoms with van der Waals surface area (Å²) in [6, 6.07) is 7.14. The lowest BCUT2D eigenvalue weighted by molar-refractivity contribution is -0.147. The smallest absolute Gasteiger partial charge is 0.323 e. The minimum Gasteiger partial charge on any atom is -0.465 e. The molecule has 0 spiro atoms. The molecule has 4 heteroatoms. The number of amides is 1. The average molecular weight is 205 g/mol. The van der Waals surface area contributed by atoms with Crippen LogP contribution in [0.1, 0.15) is 18.4 Å². The third-order valence-corrected chi connectivity index (χ3v) is 2.31. The van der Waals surface area contributed by atoms with Crippen molar-refractivity contribution >= 4 is 17.6 Å². The van der Waals surface area contributed by atoms with Gasteiger partial charge in [-0.05, 0) is 18.6 Å². The number of hydrogen-bond acceptors (Lipinski definition) is 3. The minimum absolute atomic E-state index is 0.283. The Bertz CT molecular complexity index is 414. The molecule has 0 bridgehead atoms. The summed E-state index contributed by atoms with van der Waals surface area (Å²) in [5.74, 6) is -1.60. The normalized spacial score (nSPS) is 18.2. The number of benzene rings is 1. The van der Waals surface area contributed by atoms with Crippen molar-refractivity contribution in [2.24, 2.45) is 0 Å². The minimum atomic E-state index is -0.804. The SMILES string of the molecule is CCOC(=O)C1C(=O)Nc2ccccc21. The van der Waals surface area contributed by atoms with Crippen LogP contribution < -0.4 is 5.32 Å². The molecule has 1 aromatic rings. The van der Waals surface area contributed by atoms with Crippen LogP contribution in [-0.4, -0.2) is 18.5 Å². The van der Waals surface area contributed by atoms with Crippen molar-refractivity contribution in [2.45, 2.75) is 12.8 Å². The molecule has 1 aromatic carbocycles. The van der Waals surface area contributed by atoms with Gasteiger partial charge in [-0.1, -0.05) is 18.2 Å². The molecule has 0 fully saturated rings. The van der Waals surface area contributed by atoms with Gasteiger partial charge in [-0.25, -0.2) is 0 Å². The summed E-state index contributed by atoms with van der Waals surface area (Å²) in [5, 5.41) is 2.65. The van der Waals surface area contributed by atoms with Crippen molar-refractivity contribution in [2.75, 3.05) is 11.9 Å². The number of ether oxygens (including phenoxy) is 1. The van der Waals surface area contributed by atoms with Crippen LogP contribution >= 0.6 is 0 Å². The number of rotatable bonds is 2. The van der Waals surface area contributed by atoms with Gasteiger partial charge < -0.3 is 10.1 Å². The fourth-order valence-corrected chi connectivity index (χ4v) is 1.67. The van der Waals surface area contributed by atoms with Crippen molar-refractivity contribution in [3.05, 3.63) is 29.8 Å². The van der Waals surface area contributed by atoms with Crippen LogP contribution in [0.2, 0.25) is 0 Å². The maximum Gasteiger partial charge on any atom is 0.323 e. The van der Waals surface area contributed by atoms with Gasteiger partial charge in [0.2, 0.25) is 5.91 Å². The molecule has 2 rings (SSSR count). The molecule has 0 saturated carbocycles. The lowest BCUT2D eigenvalue weighted by atomic mass is 10.0. The second-order valence-electron chi connectivity index (χ2n) is 3.26. The third-order valence-electron chi connectivity index (χ3n) is 2.31. The molecule has 1 amide bonds. The Balaban J connectivity index is 2.33. The van der Waals surface area contributed by atoms with Gasteiger partial charge in [0.1, 0.15) is 0 Å². The fraction of sp³-hybridized carbons (Fsp3) is 0.273. The predicted octanol–water partition coefficient (Wildman–Crippen LogP) is 1.29. The third kappa shape index (κ3) is 1.58. The van der Waals surface area contributed by atoms with Crippen LogP contribution in [0.25, 0.3) is 0 Å². The van der Waals surface area contributed by atoms with Gasteiger partial charge >= 0.3 is 5.97 Å². The van der Waals surface area contributed by atoms with Gasteiger partial charge in [-0.2, -0.15) is 0 Å². The lowest BCUT2D eigenvalue weighted by Gasteiger charge is -2.06. The van der Waals surface area contributed by atoms with E-state index in [4.69, 9.17) is 4.74 Å². The van der Waals surface area contributed by atoms with Gasteiger partial charge in [0.15, 0.2) is 5.92 Å². The van der Waals surface area contributed by atoms with Crippen LogP contribution in [0, 0.1) is 0 Å². The first-order chi connectivity index (χ1) is 7.24. The highest BCUT2D eigenvalue weighted by Crippen LogP contribution is 2.32. The van der Waals surface area contributed by atoms with Crippen molar-refractivity contribution in [3.63, 3.8) is 0 Å². The van der Waals surface area contributed by atoms with Gasteiger partial charge in [-0.15, -0.1) is 0 Å². The molecule has 1 aliphatic heterocycles. The highest BCUT2D eigenvalue weighted by molar-refractivity contribution is 6.14. The topological polar surface area (TPSA) is 55.4 Å². The highest BCUT2D eigenvalue weighted by atomic mass is 16.5. The first-order valence-corrected chi connectivity index (χ1v) is 4.80. The van der Waals surface area contributed by atoms with Crippen molar-refractivity contribution in [3.8, 4) is 0 Å². The number of hydrogen-bond donors (Lipinski definition) is 1. The van der Waals surface area contributed by atoms with Crippen LogP contribution in [0.5, 0.6) is 0 Å². The van der Waals surface area contributed by atoms with Crippen molar-refractivity contribution in [1.29, 1.82) is 0 Å². The fourth-order valence-electron chi connectivity index (χ4n) is 1.67. The molecule has 4 nitrogen and oxygen atoms in total. The second kappa shape index (κ2) is 3.73. The molecule has 1 aliphatic rings. The lowest BCUT2D eigenvalue weighted by Crippen LogP contribution is -2.22. The van der Waals surface area contributed by atoms with Gasteiger partial charge in [0.25, 0.3) is 0 Å². The second-order valence-corrected chi connectivity index (χ2v) is 3.26. The maximum atomic E-state index is 11.5. The number of anilines is 1. The summed E-state index contributed by atoms with van der Waals surface area (Å²) < 4.78 is 4.85. The van der Waals surface area contributed by atoms with E-state index < -0.39 is 11.9 Å². The van der Waals surface area contributed by atoms with E-state index in [9.17, 15) is 9.59 Å². The van der Waals surface area contributed by atoms with Gasteiger partial charge in [0, 0.05) is 5.69 Å². The van der Waals surface area contributed by atoms with E-state index in [1.807, 2.05) is 6.07 Å². The van der Waals surface area contributed by atoms with Crippen LogP contribution in [0.4, 0.5) is 5.69 Å². The Morgan fingerprint density at radius 3 is 2.93 bits per heavy atom. The molecule has 1 N–H and O–H groups in total. The van der Waals surface area contributed by atoms with Crippen LogP contribution in [-0.2, 0) is 14.3 Å². The quantitative estimate of drug-likeness (QED) is 0.584. The Hall–Kier alpha value is -1.84. The zero-order valence-corrected chi connectivity index (χ0v) is 8.32. The summed E-state index contributed by atoms with van der Waals surface area (Å²) in [4.78, 5) is 23.1. The molecule has 1 unspecified atom stereocenters. The molecule has 0 aromatic heterocycles. The molecule has 0 radical (unpaired) electrons. The molecule has 1 heterocycles. The van der Waals surface area contributed by atoms with Gasteiger partial charge in [0.05, 0.1) is 6.61 Å². The number of esters is 1. The molecule has 0 aliphatic carbocycles. The maximum absolute atomic E-state index is 11.5. The Morgan fingerprint density at radius 2 is 2.20 bits per heavy atom. The summed E-state index contributed by atoms with van der Waals surface area (Å²) in [6.45, 7) is 2.00. The number of para-hydroxylation sites is 1. The van der Waals surface area contributed by atoms with E-state index in [-0.39, 0.29) is 12.5 Å². The molecule has 15 heavy (non-hydrogen) atoms. The van der Waals surface area contributed by atoms with E-state index in [1.54, 1.807) is 25.1 Å². The zero-order valence-electron chi connectivity index (χ0n) is 8.32. The number of carbonyl (C=O) groups is 2. The van der Waals surface area contributed by atoms with Crippen LogP contribution in [0.3, 0.4) is 0 Å². The predicted molar refractivity (Wildman–Crippen MR) is 54.4 cm³/mol. The van der Waals surface area contributed by atoms with Gasteiger partial charge in [-0.3, -0.25) is 9.59 Å². The van der Waals surface area contributed by atoms with Crippen molar-refractivity contribution in [1.82, 2.24) is 0 Å². The summed E-state index contributed by atoms with van der Waals surface area (Å²) in [6.07, 6.45) is 0. The molecule has 1 atom stereocenters. The van der Waals surface area contributed by atoms with E-state index in [1.165, 1.54) is 0 Å². The van der Waals surface area contributed by atoms with E-state index >= 15 is 0 Å². The molecular weight excluding hydrogens is 194 g/mol. The van der Waals surface area contributed by atoms with E-state index in [0.717, 1.165) is 0 Å². The van der Waals surface area contributed by atoms with E-state index in [0.29, 0.717) is 11.3 Å². The summed E-state index contributed by atoms with van der Waals surface area (Å²) >= 11 is 0. The first kappa shape index (κ1) is 9.71. The standard InChI is InChI=1S/C11H11NO3/c1-2-15-11(14)9-7-5-3-4-6-8(7)12-10(9)13/h3-6,9H,2H2,1H3,(H,12,13). The van der Waals surface area contributed by atoms with Crippen LogP contribution in [0.15, 0.2) is 24.3 Å². The molecular formula is C11H11NO3. The molecule has 78 valence electrons. The van der Waals surface area contributed by atoms with E-state index in [2.05, 4.69) is 5.32 Å². The highest BCUT2D eigenvalue weighted by Gasteiger charge is 2.37. The number of carbonyl (C=O) groups excluding carboxylic acids is 2. The Labute approximate surface area is 87.2 Å². The Kier molecular flexibility index (Phi) is 2.41. The summed E-state index contributed by atoms with van der Waals surface area (Å²) in [5.41, 5.74) is 1.39. The first-order valence-electron chi connectivity index (χ1n) is 4.80. The monoisotopic (exact) mass is 205 g/mol. The number of fused-ring (bicyclic) bond motifs is 1. The molecule has 0 saturated heterocycles. The van der Waals surface area contributed by atoms with Crippen molar-refractivity contribution < 1.29 is 14.3 Å².